The topological polar surface area (TPSA) is 25.2 Å². The van der Waals surface area contributed by atoms with Crippen LogP contribution in [-0.4, -0.2) is 11.2 Å². The van der Waals surface area contributed by atoms with Crippen molar-refractivity contribution in [3.8, 4) is 20.9 Å². The fourth-order valence-corrected chi connectivity index (χ4v) is 3.95. The van der Waals surface area contributed by atoms with Crippen molar-refractivity contribution in [2.75, 3.05) is 0 Å². The van der Waals surface area contributed by atoms with Gasteiger partial charge in [-0.05, 0) is 46.7 Å². The van der Waals surface area contributed by atoms with E-state index in [2.05, 4.69) is 58.2 Å². The van der Waals surface area contributed by atoms with Crippen LogP contribution < -0.4 is 0 Å². The fourth-order valence-electron chi connectivity index (χ4n) is 2.46. The van der Waals surface area contributed by atoms with Gasteiger partial charge in [0.15, 0.2) is 0 Å². The van der Waals surface area contributed by atoms with Crippen molar-refractivity contribution in [3.05, 3.63) is 83.3 Å². The lowest BCUT2D eigenvalue weighted by molar-refractivity contribution is 1.30. The molecule has 0 bridgehead atoms. The molecule has 0 aliphatic rings. The first-order valence-electron chi connectivity index (χ1n) is 7.57. The number of hydrogen-bond donors (Lipinski definition) is 0. The molecule has 0 saturated heterocycles. The number of aromatic nitrogens is 1. The minimum Gasteiger partial charge on any atom is -0.255 e. The van der Waals surface area contributed by atoms with Crippen LogP contribution in [0.3, 0.4) is 0 Å². The highest BCUT2D eigenvalue weighted by Gasteiger charge is 2.08. The molecule has 116 valence electrons. The van der Waals surface area contributed by atoms with Gasteiger partial charge >= 0.3 is 0 Å². The largest absolute Gasteiger partial charge is 0.255 e. The first-order chi connectivity index (χ1) is 11.9. The molecule has 4 aromatic rings. The summed E-state index contributed by atoms with van der Waals surface area (Å²) in [6, 6.07) is 20.7. The van der Waals surface area contributed by atoms with Crippen LogP contribution in [0.2, 0.25) is 0 Å². The molecule has 0 atom stereocenters. The third-order valence-electron chi connectivity index (χ3n) is 3.61. The van der Waals surface area contributed by atoms with E-state index in [0.29, 0.717) is 0 Å². The van der Waals surface area contributed by atoms with Crippen molar-refractivity contribution in [2.24, 2.45) is 4.99 Å². The first kappa shape index (κ1) is 15.0. The number of aliphatic imine (C=N–C) groups is 1. The van der Waals surface area contributed by atoms with Crippen molar-refractivity contribution < 1.29 is 0 Å². The molecule has 24 heavy (non-hydrogen) atoms. The third-order valence-corrected chi connectivity index (χ3v) is 5.44. The van der Waals surface area contributed by atoms with Gasteiger partial charge in [-0.25, -0.2) is 0 Å². The summed E-state index contributed by atoms with van der Waals surface area (Å²) < 4.78 is 0. The van der Waals surface area contributed by atoms with Crippen molar-refractivity contribution in [1.29, 1.82) is 0 Å². The Labute approximate surface area is 148 Å². The highest BCUT2D eigenvalue weighted by Crippen LogP contribution is 2.37. The van der Waals surface area contributed by atoms with Gasteiger partial charge in [-0.1, -0.05) is 30.3 Å². The smallest absolute Gasteiger partial charge is 0.0812 e. The molecular formula is C20H14N2S2. The average molecular weight is 346 g/mol. The van der Waals surface area contributed by atoms with Crippen molar-refractivity contribution in [3.63, 3.8) is 0 Å². The van der Waals surface area contributed by atoms with Crippen LogP contribution in [0.25, 0.3) is 20.9 Å². The number of thiophene rings is 2. The quantitative estimate of drug-likeness (QED) is 0.399. The van der Waals surface area contributed by atoms with Gasteiger partial charge in [0.1, 0.15) is 0 Å². The van der Waals surface area contributed by atoms with Gasteiger partial charge in [0, 0.05) is 21.5 Å². The second-order valence-corrected chi connectivity index (χ2v) is 7.09. The lowest BCUT2D eigenvalue weighted by atomic mass is 10.1. The zero-order valence-electron chi connectivity index (χ0n) is 12.8. The second-order valence-electron chi connectivity index (χ2n) is 5.20. The molecule has 0 aliphatic carbocycles. The van der Waals surface area contributed by atoms with E-state index in [1.807, 2.05) is 24.4 Å². The Hall–Kier alpha value is -2.56. The van der Waals surface area contributed by atoms with Crippen molar-refractivity contribution >= 4 is 34.6 Å². The van der Waals surface area contributed by atoms with E-state index in [-0.39, 0.29) is 0 Å². The van der Waals surface area contributed by atoms with Gasteiger partial charge in [0.05, 0.1) is 17.6 Å². The molecule has 2 nitrogen and oxygen atoms in total. The van der Waals surface area contributed by atoms with Gasteiger partial charge in [-0.3, -0.25) is 9.98 Å². The summed E-state index contributed by atoms with van der Waals surface area (Å²) in [4.78, 5) is 11.5. The Morgan fingerprint density at radius 2 is 1.67 bits per heavy atom. The van der Waals surface area contributed by atoms with E-state index < -0.39 is 0 Å². The molecule has 1 aromatic carbocycles. The Bertz CT molecular complexity index is 941. The van der Waals surface area contributed by atoms with Gasteiger partial charge in [0.25, 0.3) is 0 Å². The molecule has 0 radical (unpaired) electrons. The number of rotatable bonds is 4. The van der Waals surface area contributed by atoms with Crippen LogP contribution in [-0.2, 0) is 0 Å². The van der Waals surface area contributed by atoms with Crippen LogP contribution in [0.5, 0.6) is 0 Å². The monoisotopic (exact) mass is 346 g/mol. The van der Waals surface area contributed by atoms with E-state index in [1.165, 1.54) is 15.3 Å². The number of hydrogen-bond acceptors (Lipinski definition) is 4. The number of pyridine rings is 1. The standard InChI is InChI=1S/C20H14N2S2/c1-2-10-21-16(5-1)14-22-18-13-15(19-6-3-11-23-19)8-9-17(18)20-7-4-12-24-20/h1-14H. The maximum atomic E-state index is 4.73. The summed E-state index contributed by atoms with van der Waals surface area (Å²) in [7, 11) is 0. The van der Waals surface area contributed by atoms with Gasteiger partial charge < -0.3 is 0 Å². The lowest BCUT2D eigenvalue weighted by Gasteiger charge is -2.06. The molecule has 0 N–H and O–H groups in total. The molecule has 0 amide bonds. The van der Waals surface area contributed by atoms with Crippen LogP contribution >= 0.6 is 22.7 Å². The van der Waals surface area contributed by atoms with Crippen LogP contribution in [0.1, 0.15) is 5.69 Å². The molecule has 0 spiro atoms. The minimum absolute atomic E-state index is 0.858. The van der Waals surface area contributed by atoms with E-state index in [0.717, 1.165) is 16.9 Å². The van der Waals surface area contributed by atoms with Crippen LogP contribution in [0, 0.1) is 0 Å². The summed E-state index contributed by atoms with van der Waals surface area (Å²) >= 11 is 3.47. The van der Waals surface area contributed by atoms with Crippen LogP contribution in [0.4, 0.5) is 5.69 Å². The molecule has 4 heteroatoms. The molecular weight excluding hydrogens is 332 g/mol. The molecule has 0 unspecified atom stereocenters. The highest BCUT2D eigenvalue weighted by molar-refractivity contribution is 7.14. The van der Waals surface area contributed by atoms with Crippen molar-refractivity contribution in [2.45, 2.75) is 0 Å². The van der Waals surface area contributed by atoms with E-state index in [4.69, 9.17) is 4.99 Å². The highest BCUT2D eigenvalue weighted by atomic mass is 32.1. The fraction of sp³-hybridized carbons (Fsp3) is 0. The maximum absolute atomic E-state index is 4.73. The zero-order valence-corrected chi connectivity index (χ0v) is 14.4. The SMILES string of the molecule is C(=Nc1cc(-c2cccs2)ccc1-c1cccs1)c1ccccn1. The molecule has 0 fully saturated rings. The van der Waals surface area contributed by atoms with Gasteiger partial charge in [0.2, 0.25) is 0 Å². The average Bonchev–Trinajstić information content (AvgIpc) is 3.34. The maximum Gasteiger partial charge on any atom is 0.0812 e. The Morgan fingerprint density at radius 1 is 0.833 bits per heavy atom. The summed E-state index contributed by atoms with van der Waals surface area (Å²) in [6.45, 7) is 0. The number of benzene rings is 1. The second kappa shape index (κ2) is 6.91. The van der Waals surface area contributed by atoms with E-state index in [9.17, 15) is 0 Å². The Balaban J connectivity index is 1.79. The predicted molar refractivity (Wildman–Crippen MR) is 105 cm³/mol. The molecule has 4 rings (SSSR count). The van der Waals surface area contributed by atoms with Gasteiger partial charge in [-0.2, -0.15) is 0 Å². The summed E-state index contributed by atoms with van der Waals surface area (Å²) in [5.41, 5.74) is 4.17. The van der Waals surface area contributed by atoms with Gasteiger partial charge in [-0.15, -0.1) is 22.7 Å². The predicted octanol–water partition coefficient (Wildman–Crippen LogP) is 6.29. The zero-order chi connectivity index (χ0) is 16.2. The van der Waals surface area contributed by atoms with Crippen molar-refractivity contribution in [1.82, 2.24) is 4.98 Å². The van der Waals surface area contributed by atoms with Crippen LogP contribution in [0.15, 0.2) is 82.6 Å². The first-order valence-corrected chi connectivity index (χ1v) is 9.33. The molecule has 3 aromatic heterocycles. The molecule has 0 aliphatic heterocycles. The minimum atomic E-state index is 0.858. The molecule has 0 saturated carbocycles. The Kier molecular flexibility index (Phi) is 4.32. The lowest BCUT2D eigenvalue weighted by Crippen LogP contribution is -1.85. The number of nitrogens with zero attached hydrogens (tertiary/aromatic N) is 2. The van der Waals surface area contributed by atoms with E-state index >= 15 is 0 Å². The summed E-state index contributed by atoms with van der Waals surface area (Å²) in [6.07, 6.45) is 3.61. The Morgan fingerprint density at radius 3 is 2.38 bits per heavy atom. The van der Waals surface area contributed by atoms with E-state index in [1.54, 1.807) is 28.9 Å². The normalized spacial score (nSPS) is 11.2. The molecule has 3 heterocycles. The third kappa shape index (κ3) is 3.20. The summed E-state index contributed by atoms with van der Waals surface area (Å²) in [5.74, 6) is 0. The summed E-state index contributed by atoms with van der Waals surface area (Å²) in [5, 5.41) is 4.19.